The molecule has 21 heavy (non-hydrogen) atoms. The average molecular weight is 290 g/mol. The van der Waals surface area contributed by atoms with E-state index in [1.54, 1.807) is 6.20 Å². The molecule has 1 saturated carbocycles. The molecule has 0 amide bonds. The number of rotatable bonds is 4. The van der Waals surface area contributed by atoms with Crippen molar-refractivity contribution in [2.24, 2.45) is 0 Å². The van der Waals surface area contributed by atoms with E-state index in [-0.39, 0.29) is 11.2 Å². The molecule has 0 radical (unpaired) electrons. The van der Waals surface area contributed by atoms with Gasteiger partial charge in [-0.3, -0.25) is 4.98 Å². The maximum absolute atomic E-state index is 6.10. The average Bonchev–Trinajstić information content (AvgIpc) is 3.17. The Morgan fingerprint density at radius 3 is 2.38 bits per heavy atom. The van der Waals surface area contributed by atoms with Gasteiger partial charge in [0, 0.05) is 13.2 Å². The first-order chi connectivity index (χ1) is 9.84. The van der Waals surface area contributed by atoms with Crippen LogP contribution in [0.3, 0.4) is 0 Å². The van der Waals surface area contributed by atoms with E-state index in [0.717, 1.165) is 24.3 Å². The fraction of sp³-hybridized carbons (Fsp3) is 0.667. The van der Waals surface area contributed by atoms with Gasteiger partial charge >= 0.3 is 7.12 Å². The van der Waals surface area contributed by atoms with Crippen molar-refractivity contribution < 1.29 is 14.0 Å². The van der Waals surface area contributed by atoms with Crippen LogP contribution in [-0.2, 0) is 9.31 Å². The SMILES string of the molecule is CNc1ccnc(B2OC(C)(C)C(C)(C)O2)c1OC1CC1. The summed E-state index contributed by atoms with van der Waals surface area (Å²) < 4.78 is 18.2. The summed E-state index contributed by atoms with van der Waals surface area (Å²) in [5, 5.41) is 3.16. The van der Waals surface area contributed by atoms with Crippen molar-refractivity contribution in [1.82, 2.24) is 4.98 Å². The molecule has 1 aromatic rings. The Balaban J connectivity index is 1.95. The van der Waals surface area contributed by atoms with Gasteiger partial charge in [-0.05, 0) is 46.6 Å². The molecule has 1 saturated heterocycles. The van der Waals surface area contributed by atoms with Gasteiger partial charge in [-0.1, -0.05) is 0 Å². The molecule has 114 valence electrons. The highest BCUT2D eigenvalue weighted by molar-refractivity contribution is 6.62. The highest BCUT2D eigenvalue weighted by atomic mass is 16.7. The summed E-state index contributed by atoms with van der Waals surface area (Å²) in [4.78, 5) is 4.47. The van der Waals surface area contributed by atoms with Gasteiger partial charge in [0.25, 0.3) is 0 Å². The lowest BCUT2D eigenvalue weighted by Gasteiger charge is -2.32. The summed E-state index contributed by atoms with van der Waals surface area (Å²) in [5.74, 6) is 0.751. The van der Waals surface area contributed by atoms with Crippen molar-refractivity contribution in [2.45, 2.75) is 57.8 Å². The van der Waals surface area contributed by atoms with E-state index in [1.807, 2.05) is 40.8 Å². The summed E-state index contributed by atoms with van der Waals surface area (Å²) in [6.45, 7) is 8.15. The zero-order chi connectivity index (χ0) is 15.3. The number of hydrogen-bond acceptors (Lipinski definition) is 5. The number of nitrogens with one attached hydrogen (secondary N) is 1. The number of anilines is 1. The van der Waals surface area contributed by atoms with Crippen molar-refractivity contribution in [2.75, 3.05) is 12.4 Å². The number of hydrogen-bond donors (Lipinski definition) is 1. The fourth-order valence-corrected chi connectivity index (χ4v) is 2.26. The van der Waals surface area contributed by atoms with Crippen molar-refractivity contribution >= 4 is 18.4 Å². The van der Waals surface area contributed by atoms with Crippen LogP contribution in [-0.4, -0.2) is 36.5 Å². The molecule has 3 rings (SSSR count). The Labute approximate surface area is 126 Å². The Bertz CT molecular complexity index is 528. The monoisotopic (exact) mass is 290 g/mol. The lowest BCUT2D eigenvalue weighted by atomic mass is 9.83. The molecule has 0 unspecified atom stereocenters. The van der Waals surface area contributed by atoms with Crippen LogP contribution in [0.5, 0.6) is 5.75 Å². The third-order valence-electron chi connectivity index (χ3n) is 4.49. The Morgan fingerprint density at radius 1 is 1.24 bits per heavy atom. The quantitative estimate of drug-likeness (QED) is 0.859. The molecule has 5 nitrogen and oxygen atoms in total. The third kappa shape index (κ3) is 2.62. The van der Waals surface area contributed by atoms with Crippen LogP contribution in [0.1, 0.15) is 40.5 Å². The maximum atomic E-state index is 6.10. The van der Waals surface area contributed by atoms with Crippen LogP contribution < -0.4 is 15.6 Å². The second kappa shape index (κ2) is 4.88. The molecule has 0 spiro atoms. The van der Waals surface area contributed by atoms with Gasteiger partial charge in [0.05, 0.1) is 23.0 Å². The van der Waals surface area contributed by atoms with Gasteiger partial charge in [-0.15, -0.1) is 0 Å². The van der Waals surface area contributed by atoms with Crippen molar-refractivity contribution in [3.8, 4) is 5.75 Å². The van der Waals surface area contributed by atoms with Gasteiger partial charge in [0.2, 0.25) is 0 Å². The van der Waals surface area contributed by atoms with Crippen LogP contribution in [0.15, 0.2) is 12.3 Å². The van der Waals surface area contributed by atoms with Crippen LogP contribution >= 0.6 is 0 Å². The summed E-state index contributed by atoms with van der Waals surface area (Å²) >= 11 is 0. The van der Waals surface area contributed by atoms with Crippen LogP contribution in [0.4, 0.5) is 5.69 Å². The predicted octanol–water partition coefficient (Wildman–Crippen LogP) is 1.96. The van der Waals surface area contributed by atoms with Crippen LogP contribution in [0.2, 0.25) is 0 Å². The highest BCUT2D eigenvalue weighted by Gasteiger charge is 2.53. The molecular formula is C15H23BN2O3. The van der Waals surface area contributed by atoms with E-state index in [2.05, 4.69) is 10.3 Å². The van der Waals surface area contributed by atoms with Crippen LogP contribution in [0, 0.1) is 0 Å². The lowest BCUT2D eigenvalue weighted by Crippen LogP contribution is -2.41. The van der Waals surface area contributed by atoms with E-state index in [0.29, 0.717) is 11.7 Å². The Hall–Kier alpha value is -1.27. The van der Waals surface area contributed by atoms with E-state index in [9.17, 15) is 0 Å². The minimum absolute atomic E-state index is 0.294. The van der Waals surface area contributed by atoms with Gasteiger partial charge in [0.1, 0.15) is 5.59 Å². The molecule has 1 N–H and O–H groups in total. The Morgan fingerprint density at radius 2 is 1.86 bits per heavy atom. The molecular weight excluding hydrogens is 267 g/mol. The van der Waals surface area contributed by atoms with Crippen molar-refractivity contribution in [1.29, 1.82) is 0 Å². The molecule has 0 aromatic carbocycles. The minimum atomic E-state index is -0.503. The maximum Gasteiger partial charge on any atom is 0.518 e. The zero-order valence-corrected chi connectivity index (χ0v) is 13.4. The molecule has 2 heterocycles. The molecule has 1 aromatic heterocycles. The second-order valence-electron chi connectivity index (χ2n) is 6.73. The second-order valence-corrected chi connectivity index (χ2v) is 6.73. The van der Waals surface area contributed by atoms with Gasteiger partial charge in [-0.25, -0.2) is 0 Å². The lowest BCUT2D eigenvalue weighted by molar-refractivity contribution is 0.00578. The highest BCUT2D eigenvalue weighted by Crippen LogP contribution is 2.38. The molecule has 0 bridgehead atoms. The fourth-order valence-electron chi connectivity index (χ4n) is 2.26. The van der Waals surface area contributed by atoms with Gasteiger partial charge < -0.3 is 19.4 Å². The first kappa shape index (κ1) is 14.7. The predicted molar refractivity (Wildman–Crippen MR) is 83.1 cm³/mol. The van der Waals surface area contributed by atoms with Crippen molar-refractivity contribution in [3.05, 3.63) is 12.3 Å². The van der Waals surface area contributed by atoms with E-state index in [1.165, 1.54) is 0 Å². The van der Waals surface area contributed by atoms with Crippen molar-refractivity contribution in [3.63, 3.8) is 0 Å². The van der Waals surface area contributed by atoms with Gasteiger partial charge in [-0.2, -0.15) is 0 Å². The smallest absolute Gasteiger partial charge is 0.487 e. The largest absolute Gasteiger partial charge is 0.518 e. The van der Waals surface area contributed by atoms with E-state index >= 15 is 0 Å². The summed E-state index contributed by atoms with van der Waals surface area (Å²) in [5.41, 5.74) is 0.867. The molecule has 2 aliphatic rings. The summed E-state index contributed by atoms with van der Waals surface area (Å²) in [6, 6.07) is 1.91. The van der Waals surface area contributed by atoms with Gasteiger partial charge in [0.15, 0.2) is 5.75 Å². The summed E-state index contributed by atoms with van der Waals surface area (Å²) in [6.07, 6.45) is 4.25. The number of aromatic nitrogens is 1. The molecule has 1 aliphatic heterocycles. The normalized spacial score (nSPS) is 23.2. The number of nitrogens with zero attached hydrogens (tertiary/aromatic N) is 1. The number of ether oxygens (including phenoxy) is 1. The van der Waals surface area contributed by atoms with E-state index < -0.39 is 7.12 Å². The first-order valence-electron chi connectivity index (χ1n) is 7.53. The first-order valence-corrected chi connectivity index (χ1v) is 7.53. The molecule has 0 atom stereocenters. The topological polar surface area (TPSA) is 52.6 Å². The third-order valence-corrected chi connectivity index (χ3v) is 4.49. The standard InChI is InChI=1S/C15H23BN2O3/c1-14(2)15(3,4)21-16(20-14)13-12(19-10-6-7-10)11(17-5)8-9-18-13/h8-10H,6-7H2,1-5H3,(H,17,18). The number of pyridine rings is 1. The molecule has 6 heteroatoms. The molecule has 2 fully saturated rings. The minimum Gasteiger partial charge on any atom is -0.487 e. The Kier molecular flexibility index (Phi) is 3.41. The van der Waals surface area contributed by atoms with Crippen LogP contribution in [0.25, 0.3) is 0 Å². The molecule has 1 aliphatic carbocycles. The van der Waals surface area contributed by atoms with E-state index in [4.69, 9.17) is 14.0 Å². The zero-order valence-electron chi connectivity index (χ0n) is 13.4. The summed E-state index contributed by atoms with van der Waals surface area (Å²) in [7, 11) is 1.38.